The van der Waals surface area contributed by atoms with E-state index in [1.54, 1.807) is 0 Å². The van der Waals surface area contributed by atoms with Crippen LogP contribution in [0.5, 0.6) is 0 Å². The summed E-state index contributed by atoms with van der Waals surface area (Å²) in [5.41, 5.74) is 0. The lowest BCUT2D eigenvalue weighted by Crippen LogP contribution is -2.36. The number of piperidine rings is 1. The van der Waals surface area contributed by atoms with Crippen molar-refractivity contribution in [3.05, 3.63) is 5.28 Å². The van der Waals surface area contributed by atoms with Gasteiger partial charge in [0.1, 0.15) is 0 Å². The SMILES string of the molecule is CCC(C)N(CC)c1nc(Cl)nc(N2CCCCC2)n1. The molecule has 0 N–H and O–H groups in total. The fraction of sp³-hybridized carbons (Fsp3) is 0.786. The van der Waals surface area contributed by atoms with Gasteiger partial charge in [0.2, 0.25) is 17.2 Å². The van der Waals surface area contributed by atoms with Crippen molar-refractivity contribution in [1.29, 1.82) is 0 Å². The van der Waals surface area contributed by atoms with Gasteiger partial charge in [0, 0.05) is 25.7 Å². The number of anilines is 2. The first-order chi connectivity index (χ1) is 9.65. The number of hydrogen-bond donors (Lipinski definition) is 0. The van der Waals surface area contributed by atoms with Crippen molar-refractivity contribution in [2.75, 3.05) is 29.4 Å². The Morgan fingerprint density at radius 3 is 2.45 bits per heavy atom. The minimum Gasteiger partial charge on any atom is -0.341 e. The van der Waals surface area contributed by atoms with Gasteiger partial charge in [-0.2, -0.15) is 15.0 Å². The second kappa shape index (κ2) is 7.07. The first kappa shape index (κ1) is 15.3. The van der Waals surface area contributed by atoms with Crippen LogP contribution in [0.2, 0.25) is 5.28 Å². The molecular formula is C14H24ClN5. The van der Waals surface area contributed by atoms with Crippen LogP contribution in [0.3, 0.4) is 0 Å². The molecule has 1 aliphatic heterocycles. The molecule has 1 unspecified atom stereocenters. The van der Waals surface area contributed by atoms with E-state index in [0.29, 0.717) is 12.0 Å². The van der Waals surface area contributed by atoms with Gasteiger partial charge in [0.05, 0.1) is 0 Å². The summed E-state index contributed by atoms with van der Waals surface area (Å²) in [6, 6.07) is 0.396. The van der Waals surface area contributed by atoms with Gasteiger partial charge in [0.25, 0.3) is 0 Å². The predicted molar refractivity (Wildman–Crippen MR) is 83.7 cm³/mol. The van der Waals surface area contributed by atoms with Gasteiger partial charge in [-0.15, -0.1) is 0 Å². The van der Waals surface area contributed by atoms with Crippen molar-refractivity contribution in [1.82, 2.24) is 15.0 Å². The molecule has 0 saturated carbocycles. The van der Waals surface area contributed by atoms with Crippen LogP contribution < -0.4 is 9.80 Å². The molecule has 1 aliphatic rings. The monoisotopic (exact) mass is 297 g/mol. The number of nitrogens with zero attached hydrogens (tertiary/aromatic N) is 5. The standard InChI is InChI=1S/C14H24ClN5/c1-4-11(3)20(5-2)14-17-12(15)16-13(18-14)19-9-7-6-8-10-19/h11H,4-10H2,1-3H3. The Morgan fingerprint density at radius 2 is 1.85 bits per heavy atom. The van der Waals surface area contributed by atoms with Crippen molar-refractivity contribution in [2.45, 2.75) is 52.5 Å². The number of rotatable bonds is 5. The van der Waals surface area contributed by atoms with E-state index in [2.05, 4.69) is 45.5 Å². The van der Waals surface area contributed by atoms with Gasteiger partial charge in [-0.05, 0) is 51.1 Å². The zero-order valence-corrected chi connectivity index (χ0v) is 13.4. The summed E-state index contributed by atoms with van der Waals surface area (Å²) in [7, 11) is 0. The van der Waals surface area contributed by atoms with E-state index in [0.717, 1.165) is 32.0 Å². The maximum absolute atomic E-state index is 6.10. The van der Waals surface area contributed by atoms with Crippen molar-refractivity contribution >= 4 is 23.5 Å². The van der Waals surface area contributed by atoms with Crippen LogP contribution in [0.15, 0.2) is 0 Å². The predicted octanol–water partition coefficient (Wildman–Crippen LogP) is 3.14. The number of hydrogen-bond acceptors (Lipinski definition) is 5. The topological polar surface area (TPSA) is 45.2 Å². The minimum atomic E-state index is 0.289. The molecule has 0 aromatic carbocycles. The highest BCUT2D eigenvalue weighted by atomic mass is 35.5. The molecule has 0 radical (unpaired) electrons. The molecule has 0 aliphatic carbocycles. The lowest BCUT2D eigenvalue weighted by molar-refractivity contribution is 0.564. The summed E-state index contributed by atoms with van der Waals surface area (Å²) in [6.45, 7) is 9.35. The van der Waals surface area contributed by atoms with Crippen LogP contribution in [0.4, 0.5) is 11.9 Å². The molecule has 5 nitrogen and oxygen atoms in total. The highest BCUT2D eigenvalue weighted by Gasteiger charge is 2.19. The van der Waals surface area contributed by atoms with Crippen LogP contribution in [0, 0.1) is 0 Å². The van der Waals surface area contributed by atoms with Crippen molar-refractivity contribution < 1.29 is 0 Å². The Balaban J connectivity index is 2.27. The summed E-state index contributed by atoms with van der Waals surface area (Å²) in [6.07, 6.45) is 4.73. The summed E-state index contributed by atoms with van der Waals surface area (Å²) in [5, 5.41) is 0.289. The van der Waals surface area contributed by atoms with E-state index in [4.69, 9.17) is 11.6 Å². The van der Waals surface area contributed by atoms with Crippen molar-refractivity contribution in [3.8, 4) is 0 Å². The Morgan fingerprint density at radius 1 is 1.15 bits per heavy atom. The molecule has 2 rings (SSSR count). The maximum Gasteiger partial charge on any atom is 0.231 e. The van der Waals surface area contributed by atoms with Crippen LogP contribution in [0.1, 0.15) is 46.5 Å². The van der Waals surface area contributed by atoms with E-state index in [-0.39, 0.29) is 5.28 Å². The summed E-state index contributed by atoms with van der Waals surface area (Å²) >= 11 is 6.10. The second-order valence-electron chi connectivity index (χ2n) is 5.30. The van der Waals surface area contributed by atoms with Gasteiger partial charge in [-0.25, -0.2) is 0 Å². The van der Waals surface area contributed by atoms with Crippen LogP contribution >= 0.6 is 11.6 Å². The van der Waals surface area contributed by atoms with E-state index in [9.17, 15) is 0 Å². The van der Waals surface area contributed by atoms with E-state index >= 15 is 0 Å². The van der Waals surface area contributed by atoms with E-state index in [1.165, 1.54) is 19.3 Å². The van der Waals surface area contributed by atoms with Gasteiger partial charge in [-0.1, -0.05) is 6.92 Å². The van der Waals surface area contributed by atoms with Crippen LogP contribution in [-0.4, -0.2) is 40.6 Å². The molecule has 0 amide bonds. The average Bonchev–Trinajstić information content (AvgIpc) is 2.48. The van der Waals surface area contributed by atoms with Crippen molar-refractivity contribution in [3.63, 3.8) is 0 Å². The molecule has 1 fully saturated rings. The molecule has 1 saturated heterocycles. The largest absolute Gasteiger partial charge is 0.341 e. The highest BCUT2D eigenvalue weighted by molar-refractivity contribution is 6.28. The van der Waals surface area contributed by atoms with Gasteiger partial charge in [0.15, 0.2) is 0 Å². The highest BCUT2D eigenvalue weighted by Crippen LogP contribution is 2.21. The summed E-state index contributed by atoms with van der Waals surface area (Å²) < 4.78 is 0. The van der Waals surface area contributed by atoms with Crippen LogP contribution in [0.25, 0.3) is 0 Å². The Labute approximate surface area is 126 Å². The third-order valence-corrected chi connectivity index (χ3v) is 4.11. The van der Waals surface area contributed by atoms with E-state index in [1.807, 2.05) is 0 Å². The lowest BCUT2D eigenvalue weighted by Gasteiger charge is -2.30. The van der Waals surface area contributed by atoms with Gasteiger partial charge < -0.3 is 9.80 Å². The molecule has 1 aromatic rings. The first-order valence-electron chi connectivity index (χ1n) is 7.58. The molecule has 20 heavy (non-hydrogen) atoms. The Hall–Kier alpha value is -1.10. The Kier molecular flexibility index (Phi) is 5.40. The fourth-order valence-corrected chi connectivity index (χ4v) is 2.72. The molecule has 0 spiro atoms. The summed E-state index contributed by atoms with van der Waals surface area (Å²) in [4.78, 5) is 17.7. The summed E-state index contributed by atoms with van der Waals surface area (Å²) in [5.74, 6) is 1.42. The molecule has 1 aromatic heterocycles. The first-order valence-corrected chi connectivity index (χ1v) is 7.96. The maximum atomic E-state index is 6.10. The van der Waals surface area contributed by atoms with E-state index < -0.39 is 0 Å². The fourth-order valence-electron chi connectivity index (χ4n) is 2.56. The van der Waals surface area contributed by atoms with Crippen LogP contribution in [-0.2, 0) is 0 Å². The third kappa shape index (κ3) is 3.51. The number of halogens is 1. The smallest absolute Gasteiger partial charge is 0.231 e. The molecule has 112 valence electrons. The minimum absolute atomic E-state index is 0.289. The zero-order valence-electron chi connectivity index (χ0n) is 12.6. The molecule has 1 atom stereocenters. The van der Waals surface area contributed by atoms with Crippen molar-refractivity contribution in [2.24, 2.45) is 0 Å². The molecule has 0 bridgehead atoms. The number of aromatic nitrogens is 3. The van der Waals surface area contributed by atoms with Gasteiger partial charge in [-0.3, -0.25) is 0 Å². The molecular weight excluding hydrogens is 274 g/mol. The van der Waals surface area contributed by atoms with Gasteiger partial charge >= 0.3 is 0 Å². The average molecular weight is 298 g/mol. The quantitative estimate of drug-likeness (QED) is 0.835. The zero-order chi connectivity index (χ0) is 14.5. The normalized spacial score (nSPS) is 17.1. The molecule has 6 heteroatoms. The molecule has 2 heterocycles. The Bertz CT molecular complexity index is 434. The third-order valence-electron chi connectivity index (χ3n) is 3.94. The second-order valence-corrected chi connectivity index (χ2v) is 5.63. The lowest BCUT2D eigenvalue weighted by atomic mass is 10.1.